The quantitative estimate of drug-likeness (QED) is 0.582. The SMILES string of the molecule is CC1CCC2(CC1)NC(=O)N(CC(=O)NCCCn1ccc3ccccc31)C2=O. The highest BCUT2D eigenvalue weighted by Crippen LogP contribution is 2.36. The Hall–Kier alpha value is -2.83. The lowest BCUT2D eigenvalue weighted by molar-refractivity contribution is -0.136. The summed E-state index contributed by atoms with van der Waals surface area (Å²) in [5, 5.41) is 6.88. The number of amides is 4. The third-order valence-electron chi connectivity index (χ3n) is 6.25. The monoisotopic (exact) mass is 396 g/mol. The van der Waals surface area contributed by atoms with Gasteiger partial charge in [0.1, 0.15) is 12.1 Å². The number of nitrogens with zero attached hydrogens (tertiary/aromatic N) is 2. The molecule has 154 valence electrons. The number of carbonyl (C=O) groups excluding carboxylic acids is 3. The molecule has 29 heavy (non-hydrogen) atoms. The Kier molecular flexibility index (Phi) is 5.30. The Morgan fingerprint density at radius 1 is 1.21 bits per heavy atom. The van der Waals surface area contributed by atoms with Gasteiger partial charge in [-0.2, -0.15) is 0 Å². The van der Waals surface area contributed by atoms with E-state index in [0.29, 0.717) is 25.3 Å². The summed E-state index contributed by atoms with van der Waals surface area (Å²) in [5.74, 6) is 0.0237. The van der Waals surface area contributed by atoms with Crippen molar-refractivity contribution in [1.29, 1.82) is 0 Å². The molecule has 1 aromatic carbocycles. The molecule has 2 aromatic rings. The van der Waals surface area contributed by atoms with Gasteiger partial charge in [0.2, 0.25) is 5.91 Å². The molecule has 1 saturated carbocycles. The van der Waals surface area contributed by atoms with Crippen LogP contribution in [0.3, 0.4) is 0 Å². The molecular weight excluding hydrogens is 368 g/mol. The first kappa shape index (κ1) is 19.5. The van der Waals surface area contributed by atoms with E-state index in [0.717, 1.165) is 30.7 Å². The Morgan fingerprint density at radius 2 is 1.97 bits per heavy atom. The second-order valence-corrected chi connectivity index (χ2v) is 8.36. The average Bonchev–Trinajstić information content (AvgIpc) is 3.22. The lowest BCUT2D eigenvalue weighted by atomic mass is 9.77. The van der Waals surface area contributed by atoms with Gasteiger partial charge in [0.25, 0.3) is 5.91 Å². The molecule has 0 unspecified atom stereocenters. The predicted molar refractivity (Wildman–Crippen MR) is 110 cm³/mol. The second-order valence-electron chi connectivity index (χ2n) is 8.36. The zero-order chi connectivity index (χ0) is 20.4. The summed E-state index contributed by atoms with van der Waals surface area (Å²) in [4.78, 5) is 38.5. The highest BCUT2D eigenvalue weighted by molar-refractivity contribution is 6.09. The third-order valence-corrected chi connectivity index (χ3v) is 6.25. The van der Waals surface area contributed by atoms with Crippen LogP contribution >= 0.6 is 0 Å². The summed E-state index contributed by atoms with van der Waals surface area (Å²) in [6.07, 6.45) is 5.96. The number of aryl methyl sites for hydroxylation is 1. The number of fused-ring (bicyclic) bond motifs is 1. The number of carbonyl (C=O) groups is 3. The van der Waals surface area contributed by atoms with Crippen molar-refractivity contribution in [2.75, 3.05) is 13.1 Å². The molecule has 2 heterocycles. The van der Waals surface area contributed by atoms with Crippen LogP contribution in [0.25, 0.3) is 10.9 Å². The van der Waals surface area contributed by atoms with E-state index in [1.54, 1.807) is 0 Å². The maximum absolute atomic E-state index is 12.8. The smallest absolute Gasteiger partial charge is 0.325 e. The number of para-hydroxylation sites is 1. The zero-order valence-corrected chi connectivity index (χ0v) is 16.8. The summed E-state index contributed by atoms with van der Waals surface area (Å²) >= 11 is 0. The first-order chi connectivity index (χ1) is 14.0. The Balaban J connectivity index is 1.25. The van der Waals surface area contributed by atoms with E-state index >= 15 is 0 Å². The molecule has 1 aromatic heterocycles. The summed E-state index contributed by atoms with van der Waals surface area (Å²) in [6, 6.07) is 9.81. The van der Waals surface area contributed by atoms with Gasteiger partial charge in [-0.25, -0.2) is 4.79 Å². The van der Waals surface area contributed by atoms with E-state index in [2.05, 4.69) is 40.3 Å². The van der Waals surface area contributed by atoms with Gasteiger partial charge in [-0.15, -0.1) is 0 Å². The lowest BCUT2D eigenvalue weighted by Crippen LogP contribution is -2.49. The molecule has 2 aliphatic rings. The van der Waals surface area contributed by atoms with Crippen molar-refractivity contribution in [3.05, 3.63) is 36.5 Å². The van der Waals surface area contributed by atoms with Crippen LogP contribution in [-0.2, 0) is 16.1 Å². The first-order valence-electron chi connectivity index (χ1n) is 10.4. The molecule has 7 nitrogen and oxygen atoms in total. The maximum atomic E-state index is 12.8. The molecule has 2 N–H and O–H groups in total. The van der Waals surface area contributed by atoms with E-state index in [1.165, 1.54) is 10.9 Å². The molecule has 1 spiro atoms. The van der Waals surface area contributed by atoms with E-state index in [9.17, 15) is 14.4 Å². The largest absolute Gasteiger partial charge is 0.354 e. The summed E-state index contributed by atoms with van der Waals surface area (Å²) in [6.45, 7) is 3.24. The Bertz CT molecular complexity index is 927. The standard InChI is InChI=1S/C22H28N4O3/c1-16-7-10-22(11-8-16)20(28)26(21(29)24-22)15-19(27)23-12-4-13-25-14-9-17-5-2-3-6-18(17)25/h2-3,5-6,9,14,16H,4,7-8,10-13,15H2,1H3,(H,23,27)(H,24,29). The second kappa shape index (κ2) is 7.89. The van der Waals surface area contributed by atoms with Crippen LogP contribution < -0.4 is 10.6 Å². The van der Waals surface area contributed by atoms with Gasteiger partial charge in [-0.05, 0) is 55.5 Å². The maximum Gasteiger partial charge on any atom is 0.325 e. The van der Waals surface area contributed by atoms with Gasteiger partial charge in [-0.1, -0.05) is 25.1 Å². The van der Waals surface area contributed by atoms with Crippen molar-refractivity contribution in [2.45, 2.75) is 51.1 Å². The number of imide groups is 1. The van der Waals surface area contributed by atoms with Gasteiger partial charge in [0.15, 0.2) is 0 Å². The van der Waals surface area contributed by atoms with Crippen LogP contribution in [0.5, 0.6) is 0 Å². The van der Waals surface area contributed by atoms with E-state index in [4.69, 9.17) is 0 Å². The number of rotatable bonds is 6. The molecule has 1 aliphatic carbocycles. The molecule has 1 aliphatic heterocycles. The Labute approximate surface area is 170 Å². The minimum atomic E-state index is -0.792. The number of nitrogens with one attached hydrogen (secondary N) is 2. The summed E-state index contributed by atoms with van der Waals surface area (Å²) in [5.41, 5.74) is 0.379. The Morgan fingerprint density at radius 3 is 2.76 bits per heavy atom. The van der Waals surface area contributed by atoms with Crippen molar-refractivity contribution in [3.63, 3.8) is 0 Å². The van der Waals surface area contributed by atoms with Crippen molar-refractivity contribution >= 4 is 28.7 Å². The van der Waals surface area contributed by atoms with Crippen molar-refractivity contribution in [2.24, 2.45) is 5.92 Å². The normalized spacial score (nSPS) is 24.3. The lowest BCUT2D eigenvalue weighted by Gasteiger charge is -2.33. The number of hydrogen-bond acceptors (Lipinski definition) is 3. The van der Waals surface area contributed by atoms with Crippen LogP contribution in [0, 0.1) is 5.92 Å². The minimum Gasteiger partial charge on any atom is -0.354 e. The first-order valence-corrected chi connectivity index (χ1v) is 10.4. The van der Waals surface area contributed by atoms with E-state index in [1.807, 2.05) is 18.3 Å². The molecule has 4 rings (SSSR count). The highest BCUT2D eigenvalue weighted by Gasteiger charge is 2.52. The molecule has 0 atom stereocenters. The van der Waals surface area contributed by atoms with Gasteiger partial charge >= 0.3 is 6.03 Å². The number of aromatic nitrogens is 1. The number of benzene rings is 1. The molecule has 7 heteroatoms. The van der Waals surface area contributed by atoms with Crippen LogP contribution in [0.2, 0.25) is 0 Å². The van der Waals surface area contributed by atoms with Crippen molar-refractivity contribution in [3.8, 4) is 0 Å². The van der Waals surface area contributed by atoms with Crippen LogP contribution in [0.15, 0.2) is 36.5 Å². The molecule has 4 amide bonds. The van der Waals surface area contributed by atoms with E-state index in [-0.39, 0.29) is 18.4 Å². The third kappa shape index (κ3) is 3.86. The van der Waals surface area contributed by atoms with Crippen molar-refractivity contribution in [1.82, 2.24) is 20.1 Å². The number of hydrogen-bond donors (Lipinski definition) is 2. The topological polar surface area (TPSA) is 83.4 Å². The molecule has 0 bridgehead atoms. The molecule has 0 radical (unpaired) electrons. The zero-order valence-electron chi connectivity index (χ0n) is 16.8. The fraction of sp³-hybridized carbons (Fsp3) is 0.500. The molecule has 2 fully saturated rings. The van der Waals surface area contributed by atoms with E-state index < -0.39 is 11.6 Å². The number of urea groups is 1. The van der Waals surface area contributed by atoms with Crippen molar-refractivity contribution < 1.29 is 14.4 Å². The van der Waals surface area contributed by atoms with Crippen LogP contribution in [0.4, 0.5) is 4.79 Å². The molecular formula is C22H28N4O3. The van der Waals surface area contributed by atoms with Crippen LogP contribution in [-0.4, -0.2) is 45.9 Å². The highest BCUT2D eigenvalue weighted by atomic mass is 16.2. The fourth-order valence-corrected chi connectivity index (χ4v) is 4.43. The fourth-order valence-electron chi connectivity index (χ4n) is 4.43. The van der Waals surface area contributed by atoms with Gasteiger partial charge in [0.05, 0.1) is 0 Å². The summed E-state index contributed by atoms with van der Waals surface area (Å²) < 4.78 is 2.16. The van der Waals surface area contributed by atoms with Gasteiger partial charge < -0.3 is 15.2 Å². The van der Waals surface area contributed by atoms with Gasteiger partial charge in [0, 0.05) is 24.8 Å². The molecule has 1 saturated heterocycles. The van der Waals surface area contributed by atoms with Crippen LogP contribution in [0.1, 0.15) is 39.0 Å². The summed E-state index contributed by atoms with van der Waals surface area (Å²) in [7, 11) is 0. The average molecular weight is 396 g/mol. The predicted octanol–water partition coefficient (Wildman–Crippen LogP) is 2.65. The minimum absolute atomic E-state index is 0.214. The van der Waals surface area contributed by atoms with Gasteiger partial charge in [-0.3, -0.25) is 14.5 Å².